The Morgan fingerprint density at radius 2 is 2.22 bits per heavy atom. The first-order valence-corrected chi connectivity index (χ1v) is 10.9. The van der Waals surface area contributed by atoms with Gasteiger partial charge < -0.3 is 19.7 Å². The predicted octanol–water partition coefficient (Wildman–Crippen LogP) is 2.31. The number of nitrogens with zero attached hydrogens (tertiary/aromatic N) is 6. The fourth-order valence-electron chi connectivity index (χ4n) is 4.08. The number of fused-ring (bicyclic) bond motifs is 2. The number of carbonyl (C=O) groups is 1. The molecule has 2 aliphatic heterocycles. The van der Waals surface area contributed by atoms with Crippen molar-refractivity contribution in [3.63, 3.8) is 0 Å². The summed E-state index contributed by atoms with van der Waals surface area (Å²) >= 11 is 0. The molecule has 2 aliphatic rings. The maximum atomic E-state index is 12.1. The van der Waals surface area contributed by atoms with Crippen molar-refractivity contribution in [3.05, 3.63) is 35.5 Å². The molecule has 1 amide bonds. The van der Waals surface area contributed by atoms with Crippen molar-refractivity contribution in [3.8, 4) is 5.75 Å². The average molecular weight is 438 g/mol. The van der Waals surface area contributed by atoms with E-state index in [-0.39, 0.29) is 6.04 Å². The summed E-state index contributed by atoms with van der Waals surface area (Å²) in [5, 5.41) is 11.4. The number of carbonyl (C=O) groups excluding carboxylic acids is 1. The zero-order valence-corrected chi connectivity index (χ0v) is 18.5. The second-order valence-corrected chi connectivity index (χ2v) is 9.24. The van der Waals surface area contributed by atoms with Gasteiger partial charge in [0.15, 0.2) is 5.65 Å². The van der Waals surface area contributed by atoms with Crippen molar-refractivity contribution in [1.29, 1.82) is 0 Å². The van der Waals surface area contributed by atoms with Crippen molar-refractivity contribution < 1.29 is 14.3 Å². The lowest BCUT2D eigenvalue weighted by Crippen LogP contribution is -2.40. The number of aromatic nitrogens is 5. The Morgan fingerprint density at radius 3 is 3.06 bits per heavy atom. The Bertz CT molecular complexity index is 1150. The smallest absolute Gasteiger partial charge is 0.407 e. The van der Waals surface area contributed by atoms with Crippen molar-refractivity contribution in [1.82, 2.24) is 30.3 Å². The molecule has 0 bridgehead atoms. The van der Waals surface area contributed by atoms with Gasteiger partial charge in [0.2, 0.25) is 5.65 Å². The summed E-state index contributed by atoms with van der Waals surface area (Å²) in [6.45, 7) is 8.27. The minimum atomic E-state index is -0.518. The molecule has 1 fully saturated rings. The number of amides is 1. The fraction of sp³-hybridized carbons (Fsp3) is 0.500. The number of alkyl carbamates (subject to hydrolysis) is 1. The number of hydrogen-bond donors (Lipinski definition) is 1. The van der Waals surface area contributed by atoms with E-state index in [1.165, 1.54) is 5.56 Å². The predicted molar refractivity (Wildman–Crippen MR) is 118 cm³/mol. The molecular formula is C22H27N7O3. The van der Waals surface area contributed by atoms with Gasteiger partial charge in [-0.05, 0) is 44.4 Å². The Hall–Kier alpha value is -3.43. The normalized spacial score (nSPS) is 18.0. The van der Waals surface area contributed by atoms with Crippen LogP contribution in [0.3, 0.4) is 0 Å². The first-order valence-electron chi connectivity index (χ1n) is 10.9. The van der Waals surface area contributed by atoms with E-state index in [9.17, 15) is 4.79 Å². The standard InChI is InChI=1S/C22H27N7O3/c1-22(2,3)32-21(30)24-16-6-8-28(13-16)18-11-23-19-20(25-18)29(27-26-19)12-14-4-5-17-15(10-14)7-9-31-17/h4-5,10-11,16H,6-9,12-13H2,1-3H3,(H,24,30)/t16-/m1/s1. The Kier molecular flexibility index (Phi) is 5.07. The molecule has 1 aromatic carbocycles. The lowest BCUT2D eigenvalue weighted by molar-refractivity contribution is 0.0509. The zero-order valence-electron chi connectivity index (χ0n) is 18.5. The third kappa shape index (κ3) is 4.30. The SMILES string of the molecule is CC(C)(C)OC(=O)N[C@@H]1CCN(c2cnc3nnn(Cc4ccc5c(c4)CCO5)c3n2)C1. The third-order valence-corrected chi connectivity index (χ3v) is 5.53. The van der Waals surface area contributed by atoms with E-state index in [0.29, 0.717) is 24.4 Å². The summed E-state index contributed by atoms with van der Waals surface area (Å²) in [5.74, 6) is 1.71. The molecule has 1 atom stereocenters. The molecule has 10 heteroatoms. The van der Waals surface area contributed by atoms with Crippen molar-refractivity contribution >= 4 is 23.2 Å². The van der Waals surface area contributed by atoms with Gasteiger partial charge in [-0.2, -0.15) is 0 Å². The zero-order chi connectivity index (χ0) is 22.3. The van der Waals surface area contributed by atoms with E-state index >= 15 is 0 Å². The molecule has 2 aromatic heterocycles. The van der Waals surface area contributed by atoms with Crippen LogP contribution in [0.2, 0.25) is 0 Å². The van der Waals surface area contributed by atoms with Crippen molar-refractivity contribution in [2.45, 2.75) is 51.8 Å². The number of benzene rings is 1. The molecule has 3 aromatic rings. The number of ether oxygens (including phenoxy) is 2. The topological polar surface area (TPSA) is 107 Å². The molecule has 1 saturated heterocycles. The second kappa shape index (κ2) is 7.92. The minimum Gasteiger partial charge on any atom is -0.493 e. The summed E-state index contributed by atoms with van der Waals surface area (Å²) < 4.78 is 12.7. The largest absolute Gasteiger partial charge is 0.493 e. The van der Waals surface area contributed by atoms with Gasteiger partial charge in [-0.25, -0.2) is 19.4 Å². The summed E-state index contributed by atoms with van der Waals surface area (Å²) in [5.41, 5.74) is 2.98. The maximum absolute atomic E-state index is 12.1. The lowest BCUT2D eigenvalue weighted by atomic mass is 10.1. The third-order valence-electron chi connectivity index (χ3n) is 5.53. The van der Waals surface area contributed by atoms with E-state index in [1.54, 1.807) is 10.9 Å². The number of anilines is 1. The van der Waals surface area contributed by atoms with Crippen LogP contribution in [0.15, 0.2) is 24.4 Å². The molecule has 0 spiro atoms. The van der Waals surface area contributed by atoms with Crippen molar-refractivity contribution in [2.24, 2.45) is 0 Å². The van der Waals surface area contributed by atoms with Crippen LogP contribution in [0.25, 0.3) is 11.3 Å². The van der Waals surface area contributed by atoms with E-state index < -0.39 is 11.7 Å². The number of rotatable bonds is 4. The quantitative estimate of drug-likeness (QED) is 0.663. The molecule has 5 rings (SSSR count). The van der Waals surface area contributed by atoms with Gasteiger partial charge in [0, 0.05) is 19.5 Å². The summed E-state index contributed by atoms with van der Waals surface area (Å²) in [7, 11) is 0. The maximum Gasteiger partial charge on any atom is 0.407 e. The Balaban J connectivity index is 1.29. The van der Waals surface area contributed by atoms with Crippen molar-refractivity contribution in [2.75, 3.05) is 24.6 Å². The molecule has 1 N–H and O–H groups in total. The van der Waals surface area contributed by atoms with Gasteiger partial charge in [0.05, 0.1) is 25.4 Å². The van der Waals surface area contributed by atoms with Crippen LogP contribution in [-0.4, -0.2) is 62.4 Å². The molecule has 4 heterocycles. The van der Waals surface area contributed by atoms with E-state index in [0.717, 1.165) is 43.1 Å². The molecular weight excluding hydrogens is 410 g/mol. The molecule has 0 radical (unpaired) electrons. The minimum absolute atomic E-state index is 0.000912. The number of nitrogens with one attached hydrogen (secondary N) is 1. The van der Waals surface area contributed by atoms with Gasteiger partial charge in [-0.1, -0.05) is 17.3 Å². The van der Waals surface area contributed by atoms with Crippen LogP contribution in [0.5, 0.6) is 5.75 Å². The Morgan fingerprint density at radius 1 is 1.34 bits per heavy atom. The van der Waals surface area contributed by atoms with Gasteiger partial charge in [-0.15, -0.1) is 5.10 Å². The highest BCUT2D eigenvalue weighted by Gasteiger charge is 2.27. The number of hydrogen-bond acceptors (Lipinski definition) is 8. The van der Waals surface area contributed by atoms with E-state index in [2.05, 4.69) is 31.6 Å². The molecule has 168 valence electrons. The van der Waals surface area contributed by atoms with Crippen LogP contribution in [-0.2, 0) is 17.7 Å². The van der Waals surface area contributed by atoms with Crippen LogP contribution < -0.4 is 15.0 Å². The first-order chi connectivity index (χ1) is 15.3. The van der Waals surface area contributed by atoms with Crippen LogP contribution in [0.4, 0.5) is 10.6 Å². The first kappa shape index (κ1) is 20.5. The van der Waals surface area contributed by atoms with Crippen LogP contribution >= 0.6 is 0 Å². The van der Waals surface area contributed by atoms with Gasteiger partial charge >= 0.3 is 6.09 Å². The molecule has 0 aliphatic carbocycles. The van der Waals surface area contributed by atoms with Crippen LogP contribution in [0.1, 0.15) is 38.3 Å². The molecule has 32 heavy (non-hydrogen) atoms. The molecule has 0 saturated carbocycles. The van der Waals surface area contributed by atoms with Gasteiger partial charge in [0.1, 0.15) is 17.2 Å². The second-order valence-electron chi connectivity index (χ2n) is 9.24. The highest BCUT2D eigenvalue weighted by atomic mass is 16.6. The lowest BCUT2D eigenvalue weighted by Gasteiger charge is -2.22. The highest BCUT2D eigenvalue weighted by Crippen LogP contribution is 2.26. The average Bonchev–Trinajstić information content (AvgIpc) is 3.46. The highest BCUT2D eigenvalue weighted by molar-refractivity contribution is 5.69. The summed E-state index contributed by atoms with van der Waals surface area (Å²) in [4.78, 5) is 23.4. The van der Waals surface area contributed by atoms with Gasteiger partial charge in [0.25, 0.3) is 0 Å². The molecule has 0 unspecified atom stereocenters. The summed E-state index contributed by atoms with van der Waals surface area (Å²) in [6.07, 6.45) is 3.06. The fourth-order valence-corrected chi connectivity index (χ4v) is 4.08. The monoisotopic (exact) mass is 437 g/mol. The van der Waals surface area contributed by atoms with E-state index in [4.69, 9.17) is 14.5 Å². The Labute approximate surface area is 185 Å². The van der Waals surface area contributed by atoms with Crippen LogP contribution in [0, 0.1) is 0 Å². The molecule has 10 nitrogen and oxygen atoms in total. The summed E-state index contributed by atoms with van der Waals surface area (Å²) in [6, 6.07) is 6.21. The van der Waals surface area contributed by atoms with Gasteiger partial charge in [-0.3, -0.25) is 0 Å². The van der Waals surface area contributed by atoms with E-state index in [1.807, 2.05) is 32.9 Å².